The summed E-state index contributed by atoms with van der Waals surface area (Å²) in [6.45, 7) is 8.32. The fourth-order valence-corrected chi connectivity index (χ4v) is 8.80. The number of hydrogen-bond acceptors (Lipinski definition) is 4. The van der Waals surface area contributed by atoms with E-state index in [9.17, 15) is 13.2 Å². The summed E-state index contributed by atoms with van der Waals surface area (Å²) in [6.07, 6.45) is 6.01. The van der Waals surface area contributed by atoms with Crippen molar-refractivity contribution in [2.75, 3.05) is 12.9 Å². The maximum atomic E-state index is 13.5. The molecule has 0 radical (unpaired) electrons. The Bertz CT molecular complexity index is 810. The van der Waals surface area contributed by atoms with Gasteiger partial charge in [-0.1, -0.05) is 20.4 Å². The molecule has 0 aromatic carbocycles. The van der Waals surface area contributed by atoms with E-state index in [-0.39, 0.29) is 28.5 Å². The molecule has 1 aliphatic heterocycles. The van der Waals surface area contributed by atoms with Crippen molar-refractivity contribution in [3.8, 4) is 0 Å². The van der Waals surface area contributed by atoms with Gasteiger partial charge in [0.05, 0.1) is 18.9 Å². The highest BCUT2D eigenvalue weighted by molar-refractivity contribution is 7.90. The van der Waals surface area contributed by atoms with E-state index in [2.05, 4.69) is 20.4 Å². The molecule has 2 saturated carbocycles. The smallest absolute Gasteiger partial charge is 0.263 e. The van der Waals surface area contributed by atoms with Crippen molar-refractivity contribution in [2.45, 2.75) is 64.8 Å². The predicted octanol–water partition coefficient (Wildman–Crippen LogP) is 3.38. The summed E-state index contributed by atoms with van der Waals surface area (Å²) >= 11 is 0. The summed E-state index contributed by atoms with van der Waals surface area (Å²) in [5, 5.41) is 0. The molecule has 1 amide bonds. The summed E-state index contributed by atoms with van der Waals surface area (Å²) in [4.78, 5) is 13.5. The second-order valence-corrected chi connectivity index (χ2v) is 10.9. The molecular formula is C20H29NO4S. The van der Waals surface area contributed by atoms with Crippen LogP contribution in [0.2, 0.25) is 0 Å². The van der Waals surface area contributed by atoms with Crippen LogP contribution in [0, 0.1) is 16.7 Å². The monoisotopic (exact) mass is 379 g/mol. The average Bonchev–Trinajstić information content (AvgIpc) is 3.08. The first-order valence-electron chi connectivity index (χ1n) is 9.67. The number of methoxy groups -OCH3 is 1. The molecule has 4 rings (SSSR count). The Morgan fingerprint density at radius 1 is 1.23 bits per heavy atom. The zero-order valence-corrected chi connectivity index (χ0v) is 16.8. The number of sulfonamides is 1. The molecule has 3 unspecified atom stereocenters. The maximum absolute atomic E-state index is 13.5. The minimum Gasteiger partial charge on any atom is -0.497 e. The standard InChI is InChI=1S/C20H29NO4S/c1-13(25-4)15-7-5-6-8-16(15)18(22)21-17-11-14-9-10-20(17,19(14,2)3)12-26(21,23)24/h14,17H,1,5-12H2,2-4H3. The summed E-state index contributed by atoms with van der Waals surface area (Å²) in [6, 6.07) is -0.180. The SMILES string of the molecule is C=C(OC)C1=C(C(=O)N2C3CC4CCC3(CS2(=O)=O)C4(C)C)CCCC1. The average molecular weight is 380 g/mol. The number of hydrogen-bond donors (Lipinski definition) is 0. The summed E-state index contributed by atoms with van der Waals surface area (Å²) in [7, 11) is -2.04. The van der Waals surface area contributed by atoms with E-state index in [1.807, 2.05) is 0 Å². The van der Waals surface area contributed by atoms with Crippen molar-refractivity contribution in [1.29, 1.82) is 0 Å². The van der Waals surface area contributed by atoms with Gasteiger partial charge in [-0.3, -0.25) is 4.79 Å². The lowest BCUT2D eigenvalue weighted by molar-refractivity contribution is -0.125. The third-order valence-electron chi connectivity index (χ3n) is 7.92. The van der Waals surface area contributed by atoms with Crippen LogP contribution in [-0.2, 0) is 19.6 Å². The van der Waals surface area contributed by atoms with Gasteiger partial charge in [-0.05, 0) is 56.3 Å². The highest BCUT2D eigenvalue weighted by Crippen LogP contribution is 2.70. The van der Waals surface area contributed by atoms with Crippen molar-refractivity contribution in [3.63, 3.8) is 0 Å². The molecule has 5 nitrogen and oxygen atoms in total. The predicted molar refractivity (Wildman–Crippen MR) is 99.6 cm³/mol. The Hall–Kier alpha value is -1.30. The van der Waals surface area contributed by atoms with Gasteiger partial charge >= 0.3 is 0 Å². The van der Waals surface area contributed by atoms with E-state index in [1.54, 1.807) is 7.11 Å². The molecule has 6 heteroatoms. The second-order valence-electron chi connectivity index (χ2n) is 9.01. The van der Waals surface area contributed by atoms with E-state index >= 15 is 0 Å². The van der Waals surface area contributed by atoms with Gasteiger partial charge in [0.25, 0.3) is 5.91 Å². The molecule has 0 aromatic rings. The lowest BCUT2D eigenvalue weighted by Crippen LogP contribution is -2.45. The third-order valence-corrected chi connectivity index (χ3v) is 9.82. The molecule has 3 atom stereocenters. The molecule has 144 valence electrons. The van der Waals surface area contributed by atoms with Crippen molar-refractivity contribution in [1.82, 2.24) is 4.31 Å². The molecule has 1 spiro atoms. The highest BCUT2D eigenvalue weighted by atomic mass is 32.2. The van der Waals surface area contributed by atoms with Crippen LogP contribution in [-0.4, -0.2) is 37.5 Å². The molecular weight excluding hydrogens is 350 g/mol. The molecule has 0 N–H and O–H groups in total. The van der Waals surface area contributed by atoms with Crippen LogP contribution in [0.1, 0.15) is 58.8 Å². The molecule has 3 aliphatic carbocycles. The topological polar surface area (TPSA) is 63.7 Å². The molecule has 3 fully saturated rings. The first-order chi connectivity index (χ1) is 12.2. The Kier molecular flexibility index (Phi) is 3.89. The third kappa shape index (κ3) is 2.14. The van der Waals surface area contributed by atoms with Gasteiger partial charge in [0.1, 0.15) is 5.76 Å². The number of allylic oxidation sites excluding steroid dienone is 1. The van der Waals surface area contributed by atoms with Crippen LogP contribution < -0.4 is 0 Å². The lowest BCUT2D eigenvalue weighted by Gasteiger charge is -2.37. The van der Waals surface area contributed by atoms with Crippen molar-refractivity contribution in [3.05, 3.63) is 23.5 Å². The minimum atomic E-state index is -3.59. The van der Waals surface area contributed by atoms with Crippen LogP contribution in [0.5, 0.6) is 0 Å². The van der Waals surface area contributed by atoms with Crippen LogP contribution >= 0.6 is 0 Å². The first kappa shape index (κ1) is 18.1. The normalized spacial score (nSPS) is 37.0. The molecule has 1 heterocycles. The van der Waals surface area contributed by atoms with Crippen LogP contribution in [0.3, 0.4) is 0 Å². The van der Waals surface area contributed by atoms with Crippen LogP contribution in [0.15, 0.2) is 23.5 Å². The summed E-state index contributed by atoms with van der Waals surface area (Å²) < 4.78 is 32.8. The molecule has 1 saturated heterocycles. The minimum absolute atomic E-state index is 0.0281. The Balaban J connectivity index is 1.77. The highest BCUT2D eigenvalue weighted by Gasteiger charge is 2.72. The van der Waals surface area contributed by atoms with Crippen molar-refractivity contribution in [2.24, 2.45) is 16.7 Å². The Morgan fingerprint density at radius 2 is 1.88 bits per heavy atom. The first-order valence-corrected chi connectivity index (χ1v) is 11.3. The fourth-order valence-electron chi connectivity index (χ4n) is 6.26. The molecule has 26 heavy (non-hydrogen) atoms. The van der Waals surface area contributed by atoms with Gasteiger partial charge in [-0.25, -0.2) is 12.7 Å². The Labute approximate surface area is 156 Å². The van der Waals surface area contributed by atoms with Gasteiger partial charge in [-0.2, -0.15) is 0 Å². The van der Waals surface area contributed by atoms with Gasteiger partial charge in [-0.15, -0.1) is 0 Å². The van der Waals surface area contributed by atoms with Crippen LogP contribution in [0.4, 0.5) is 0 Å². The number of ether oxygens (including phenoxy) is 1. The number of carbonyl (C=O) groups is 1. The second kappa shape index (κ2) is 5.60. The Morgan fingerprint density at radius 3 is 2.50 bits per heavy atom. The summed E-state index contributed by atoms with van der Waals surface area (Å²) in [5.41, 5.74) is 1.10. The number of nitrogens with zero attached hydrogens (tertiary/aromatic N) is 1. The maximum Gasteiger partial charge on any atom is 0.263 e. The van der Waals surface area contributed by atoms with Crippen molar-refractivity contribution < 1.29 is 17.9 Å². The largest absolute Gasteiger partial charge is 0.497 e. The van der Waals surface area contributed by atoms with Crippen molar-refractivity contribution >= 4 is 15.9 Å². The quantitative estimate of drug-likeness (QED) is 0.705. The molecule has 2 bridgehead atoms. The number of carbonyl (C=O) groups excluding carboxylic acids is 1. The van der Waals surface area contributed by atoms with E-state index in [0.717, 1.165) is 44.1 Å². The van der Waals surface area contributed by atoms with E-state index in [1.165, 1.54) is 4.31 Å². The van der Waals surface area contributed by atoms with Gasteiger partial charge in [0.15, 0.2) is 0 Å². The van der Waals surface area contributed by atoms with E-state index in [4.69, 9.17) is 4.74 Å². The van der Waals surface area contributed by atoms with Gasteiger partial charge in [0, 0.05) is 16.6 Å². The van der Waals surface area contributed by atoms with Gasteiger partial charge < -0.3 is 4.74 Å². The van der Waals surface area contributed by atoms with Crippen LogP contribution in [0.25, 0.3) is 0 Å². The lowest BCUT2D eigenvalue weighted by atomic mass is 9.69. The fraction of sp³-hybridized carbons (Fsp3) is 0.750. The molecule has 4 aliphatic rings. The zero-order chi connectivity index (χ0) is 18.9. The van der Waals surface area contributed by atoms with Gasteiger partial charge in [0.2, 0.25) is 10.0 Å². The number of rotatable bonds is 3. The number of amides is 1. The van der Waals surface area contributed by atoms with E-state index < -0.39 is 10.0 Å². The zero-order valence-electron chi connectivity index (χ0n) is 16.0. The molecule has 0 aromatic heterocycles. The number of fused-ring (bicyclic) bond motifs is 1. The van der Waals surface area contributed by atoms with E-state index in [0.29, 0.717) is 23.7 Å². The summed E-state index contributed by atoms with van der Waals surface area (Å²) in [5.74, 6) is 0.802.